The smallest absolute Gasteiger partial charge is 0.339 e. The van der Waals surface area contributed by atoms with Crippen molar-refractivity contribution in [2.45, 2.75) is 31.1 Å². The SMILES string of the molecule is CCCCCOC(=O)c1cc(S(N)(=O)=O)cc(Br)c1Cl. The number of esters is 1. The normalized spacial score (nSPS) is 11.4. The van der Waals surface area contributed by atoms with Crippen molar-refractivity contribution in [2.75, 3.05) is 6.61 Å². The van der Waals surface area contributed by atoms with Crippen LogP contribution in [0.3, 0.4) is 0 Å². The van der Waals surface area contributed by atoms with Crippen molar-refractivity contribution >= 4 is 43.5 Å². The average Bonchev–Trinajstić information content (AvgIpc) is 2.36. The van der Waals surface area contributed by atoms with E-state index < -0.39 is 16.0 Å². The quantitative estimate of drug-likeness (QED) is 0.603. The molecule has 0 aromatic heterocycles. The fourth-order valence-corrected chi connectivity index (χ4v) is 2.83. The van der Waals surface area contributed by atoms with Crippen molar-refractivity contribution in [3.8, 4) is 0 Å². The van der Waals surface area contributed by atoms with Gasteiger partial charge in [0.25, 0.3) is 0 Å². The maximum absolute atomic E-state index is 11.9. The largest absolute Gasteiger partial charge is 0.462 e. The van der Waals surface area contributed by atoms with Gasteiger partial charge in [-0.05, 0) is 34.5 Å². The van der Waals surface area contributed by atoms with E-state index >= 15 is 0 Å². The first-order valence-electron chi connectivity index (χ1n) is 5.96. The number of nitrogens with two attached hydrogens (primary N) is 1. The van der Waals surface area contributed by atoms with E-state index in [0.717, 1.165) is 25.3 Å². The molecule has 1 aromatic rings. The first-order chi connectivity index (χ1) is 9.27. The monoisotopic (exact) mass is 383 g/mol. The van der Waals surface area contributed by atoms with Crippen LogP contribution in [0.15, 0.2) is 21.5 Å². The molecule has 2 N–H and O–H groups in total. The minimum atomic E-state index is -3.92. The third kappa shape index (κ3) is 4.73. The molecule has 0 saturated carbocycles. The maximum atomic E-state index is 11.9. The minimum absolute atomic E-state index is 0.0263. The Labute approximate surface area is 131 Å². The molecular formula is C12H15BrClNO4S. The number of hydrogen-bond donors (Lipinski definition) is 1. The van der Waals surface area contributed by atoms with Gasteiger partial charge in [0, 0.05) is 4.47 Å². The van der Waals surface area contributed by atoms with Crippen LogP contribution in [0, 0.1) is 0 Å². The molecule has 1 rings (SSSR count). The molecule has 0 saturated heterocycles. The lowest BCUT2D eigenvalue weighted by molar-refractivity contribution is 0.0498. The van der Waals surface area contributed by atoms with Crippen LogP contribution in [0.4, 0.5) is 0 Å². The summed E-state index contributed by atoms with van der Waals surface area (Å²) < 4.78 is 28.0. The van der Waals surface area contributed by atoms with E-state index in [2.05, 4.69) is 15.9 Å². The molecule has 0 radical (unpaired) electrons. The van der Waals surface area contributed by atoms with E-state index in [1.54, 1.807) is 0 Å². The van der Waals surface area contributed by atoms with Gasteiger partial charge in [-0.1, -0.05) is 31.4 Å². The zero-order valence-corrected chi connectivity index (χ0v) is 14.0. The van der Waals surface area contributed by atoms with Crippen molar-refractivity contribution in [2.24, 2.45) is 5.14 Å². The number of primary sulfonamides is 1. The van der Waals surface area contributed by atoms with Gasteiger partial charge in [-0.15, -0.1) is 0 Å². The second kappa shape index (κ2) is 7.40. The van der Waals surface area contributed by atoms with E-state index in [0.29, 0.717) is 0 Å². The van der Waals surface area contributed by atoms with Gasteiger partial charge in [0.2, 0.25) is 10.0 Å². The average molecular weight is 385 g/mol. The highest BCUT2D eigenvalue weighted by molar-refractivity contribution is 9.10. The van der Waals surface area contributed by atoms with E-state index in [-0.39, 0.29) is 26.6 Å². The molecular weight excluding hydrogens is 370 g/mol. The van der Waals surface area contributed by atoms with Gasteiger partial charge in [0.05, 0.1) is 22.1 Å². The van der Waals surface area contributed by atoms with E-state index in [1.165, 1.54) is 6.07 Å². The summed E-state index contributed by atoms with van der Waals surface area (Å²) in [5.41, 5.74) is -0.0263. The highest BCUT2D eigenvalue weighted by Crippen LogP contribution is 2.30. The van der Waals surface area contributed by atoms with Crippen LogP contribution in [-0.2, 0) is 14.8 Å². The van der Waals surface area contributed by atoms with Crippen molar-refractivity contribution in [3.05, 3.63) is 27.2 Å². The van der Waals surface area contributed by atoms with Gasteiger partial charge in [-0.2, -0.15) is 0 Å². The number of hydrogen-bond acceptors (Lipinski definition) is 4. The lowest BCUT2D eigenvalue weighted by Gasteiger charge is -2.09. The maximum Gasteiger partial charge on any atom is 0.339 e. The Hall–Kier alpha value is -0.630. The summed E-state index contributed by atoms with van der Waals surface area (Å²) in [4.78, 5) is 11.7. The molecule has 0 aliphatic rings. The number of ether oxygens (including phenoxy) is 1. The Morgan fingerprint density at radius 3 is 2.60 bits per heavy atom. The lowest BCUT2D eigenvalue weighted by Crippen LogP contribution is -2.14. The Balaban J connectivity index is 2.99. The predicted octanol–water partition coefficient (Wildman–Crippen LogP) is 3.10. The Kier molecular flexibility index (Phi) is 6.44. The molecule has 20 heavy (non-hydrogen) atoms. The van der Waals surface area contributed by atoms with Crippen LogP contribution in [0.5, 0.6) is 0 Å². The van der Waals surface area contributed by atoms with Gasteiger partial charge >= 0.3 is 5.97 Å². The minimum Gasteiger partial charge on any atom is -0.462 e. The van der Waals surface area contributed by atoms with Crippen LogP contribution in [0.2, 0.25) is 5.02 Å². The number of carbonyl (C=O) groups excluding carboxylic acids is 1. The topological polar surface area (TPSA) is 86.5 Å². The number of halogens is 2. The molecule has 0 aliphatic heterocycles. The summed E-state index contributed by atoms with van der Waals surface area (Å²) in [5, 5.41) is 5.14. The summed E-state index contributed by atoms with van der Waals surface area (Å²) in [6.45, 7) is 2.30. The summed E-state index contributed by atoms with van der Waals surface area (Å²) in [6, 6.07) is 2.36. The molecule has 0 spiro atoms. The van der Waals surface area contributed by atoms with E-state index in [9.17, 15) is 13.2 Å². The van der Waals surface area contributed by atoms with Crippen LogP contribution in [-0.4, -0.2) is 21.0 Å². The molecule has 0 heterocycles. The Morgan fingerprint density at radius 1 is 1.40 bits per heavy atom. The molecule has 0 unspecified atom stereocenters. The highest BCUT2D eigenvalue weighted by atomic mass is 79.9. The second-order valence-electron chi connectivity index (χ2n) is 4.15. The number of carbonyl (C=O) groups is 1. The molecule has 1 aromatic carbocycles. The van der Waals surface area contributed by atoms with Crippen molar-refractivity contribution in [3.63, 3.8) is 0 Å². The molecule has 0 amide bonds. The molecule has 0 atom stereocenters. The van der Waals surface area contributed by atoms with Gasteiger partial charge in [-0.25, -0.2) is 18.4 Å². The van der Waals surface area contributed by atoms with Gasteiger partial charge in [0.15, 0.2) is 0 Å². The fourth-order valence-electron chi connectivity index (χ4n) is 1.47. The molecule has 5 nitrogen and oxygen atoms in total. The number of sulfonamides is 1. The molecule has 8 heteroatoms. The zero-order chi connectivity index (χ0) is 15.3. The third-order valence-electron chi connectivity index (χ3n) is 2.53. The van der Waals surface area contributed by atoms with Crippen molar-refractivity contribution < 1.29 is 17.9 Å². The van der Waals surface area contributed by atoms with E-state index in [4.69, 9.17) is 21.5 Å². The number of rotatable bonds is 6. The molecule has 112 valence electrons. The standard InChI is InChI=1S/C12H15BrClNO4S/c1-2-3-4-5-19-12(16)9-6-8(20(15,17)18)7-10(13)11(9)14/h6-7H,2-5H2,1H3,(H2,15,17,18). The van der Waals surface area contributed by atoms with Crippen LogP contribution in [0.1, 0.15) is 36.5 Å². The molecule has 0 bridgehead atoms. The van der Waals surface area contributed by atoms with Crippen LogP contribution >= 0.6 is 27.5 Å². The van der Waals surface area contributed by atoms with Gasteiger partial charge in [0.1, 0.15) is 0 Å². The summed E-state index contributed by atoms with van der Waals surface area (Å²) in [7, 11) is -3.92. The summed E-state index contributed by atoms with van der Waals surface area (Å²) in [6.07, 6.45) is 2.70. The van der Waals surface area contributed by atoms with Gasteiger partial charge < -0.3 is 4.74 Å². The first-order valence-corrected chi connectivity index (χ1v) is 8.68. The summed E-state index contributed by atoms with van der Waals surface area (Å²) >= 11 is 9.06. The van der Waals surface area contributed by atoms with Crippen LogP contribution in [0.25, 0.3) is 0 Å². The fraction of sp³-hybridized carbons (Fsp3) is 0.417. The molecule has 0 fully saturated rings. The van der Waals surface area contributed by atoms with Crippen molar-refractivity contribution in [1.29, 1.82) is 0 Å². The number of benzene rings is 1. The molecule has 0 aliphatic carbocycles. The lowest BCUT2D eigenvalue weighted by atomic mass is 10.2. The third-order valence-corrected chi connectivity index (χ3v) is 4.68. The highest BCUT2D eigenvalue weighted by Gasteiger charge is 2.19. The Bertz CT molecular complexity index is 604. The second-order valence-corrected chi connectivity index (χ2v) is 6.95. The van der Waals surface area contributed by atoms with Crippen LogP contribution < -0.4 is 5.14 Å². The van der Waals surface area contributed by atoms with Gasteiger partial charge in [-0.3, -0.25) is 0 Å². The Morgan fingerprint density at radius 2 is 2.05 bits per heavy atom. The summed E-state index contributed by atoms with van der Waals surface area (Å²) in [5.74, 6) is -0.669. The zero-order valence-electron chi connectivity index (χ0n) is 10.9. The van der Waals surface area contributed by atoms with E-state index in [1.807, 2.05) is 6.92 Å². The van der Waals surface area contributed by atoms with Crippen molar-refractivity contribution in [1.82, 2.24) is 0 Å². The number of unbranched alkanes of at least 4 members (excludes halogenated alkanes) is 2. The predicted molar refractivity (Wildman–Crippen MR) is 80.3 cm³/mol. The first kappa shape index (κ1) is 17.4.